The first kappa shape index (κ1) is 16.3. The number of methoxy groups -OCH3 is 1. The average molecular weight is 283 g/mol. The zero-order chi connectivity index (χ0) is 15.1. The second kappa shape index (κ2) is 5.58. The molecular formula is C17H33NO2. The highest BCUT2D eigenvalue weighted by Crippen LogP contribution is 2.47. The van der Waals surface area contributed by atoms with E-state index in [0.29, 0.717) is 30.2 Å². The predicted molar refractivity (Wildman–Crippen MR) is 82.9 cm³/mol. The molecule has 0 aromatic heterocycles. The fourth-order valence-corrected chi connectivity index (χ4v) is 3.57. The van der Waals surface area contributed by atoms with Crippen LogP contribution in [0.1, 0.15) is 54.4 Å². The quantitative estimate of drug-likeness (QED) is 0.812. The van der Waals surface area contributed by atoms with Gasteiger partial charge in [-0.15, -0.1) is 0 Å². The van der Waals surface area contributed by atoms with Gasteiger partial charge < -0.3 is 14.8 Å². The number of nitrogens with one attached hydrogen (secondary N) is 1. The minimum atomic E-state index is 0.239. The molecule has 0 amide bonds. The van der Waals surface area contributed by atoms with Crippen LogP contribution < -0.4 is 5.32 Å². The Morgan fingerprint density at radius 3 is 1.90 bits per heavy atom. The first-order valence-electron chi connectivity index (χ1n) is 8.10. The molecule has 3 heteroatoms. The van der Waals surface area contributed by atoms with Crippen molar-refractivity contribution in [2.75, 3.05) is 13.7 Å². The van der Waals surface area contributed by atoms with Crippen LogP contribution in [-0.2, 0) is 9.47 Å². The monoisotopic (exact) mass is 283 g/mol. The molecule has 2 aliphatic carbocycles. The summed E-state index contributed by atoms with van der Waals surface area (Å²) in [5.41, 5.74) is 0.484. The van der Waals surface area contributed by atoms with Gasteiger partial charge in [-0.2, -0.15) is 0 Å². The van der Waals surface area contributed by atoms with Crippen LogP contribution in [0.15, 0.2) is 0 Å². The van der Waals surface area contributed by atoms with Crippen molar-refractivity contribution in [1.29, 1.82) is 0 Å². The van der Waals surface area contributed by atoms with Crippen molar-refractivity contribution in [3.8, 4) is 0 Å². The van der Waals surface area contributed by atoms with Gasteiger partial charge in [0.15, 0.2) is 0 Å². The summed E-state index contributed by atoms with van der Waals surface area (Å²) in [6.07, 6.45) is 3.08. The predicted octanol–water partition coefficient (Wildman–Crippen LogP) is 3.23. The summed E-state index contributed by atoms with van der Waals surface area (Å²) < 4.78 is 11.6. The number of hydrogen-bond donors (Lipinski definition) is 1. The molecule has 2 rings (SSSR count). The average Bonchev–Trinajstić information content (AvgIpc) is 2.34. The lowest BCUT2D eigenvalue weighted by Gasteiger charge is -2.58. The molecule has 2 fully saturated rings. The molecule has 118 valence electrons. The fourth-order valence-electron chi connectivity index (χ4n) is 3.57. The van der Waals surface area contributed by atoms with Gasteiger partial charge in [-0.05, 0) is 18.8 Å². The molecule has 0 aromatic carbocycles. The van der Waals surface area contributed by atoms with E-state index in [-0.39, 0.29) is 10.8 Å². The second-order valence-electron chi connectivity index (χ2n) is 8.33. The van der Waals surface area contributed by atoms with Crippen molar-refractivity contribution >= 4 is 0 Å². The highest BCUT2D eigenvalue weighted by atomic mass is 16.5. The Kier molecular flexibility index (Phi) is 4.54. The summed E-state index contributed by atoms with van der Waals surface area (Å²) in [7, 11) is 1.83. The first-order chi connectivity index (χ1) is 9.19. The van der Waals surface area contributed by atoms with Crippen molar-refractivity contribution in [3.63, 3.8) is 0 Å². The lowest BCUT2D eigenvalue weighted by Crippen LogP contribution is -2.69. The van der Waals surface area contributed by atoms with E-state index in [2.05, 4.69) is 46.9 Å². The molecule has 0 bridgehead atoms. The molecule has 0 aliphatic heterocycles. The van der Waals surface area contributed by atoms with Crippen molar-refractivity contribution < 1.29 is 9.47 Å². The molecule has 2 saturated carbocycles. The summed E-state index contributed by atoms with van der Waals surface area (Å²) in [5, 5.41) is 3.86. The van der Waals surface area contributed by atoms with Crippen molar-refractivity contribution in [3.05, 3.63) is 0 Å². The van der Waals surface area contributed by atoms with Crippen LogP contribution in [-0.4, -0.2) is 38.0 Å². The van der Waals surface area contributed by atoms with Crippen molar-refractivity contribution in [1.82, 2.24) is 5.32 Å². The highest BCUT2D eigenvalue weighted by molar-refractivity contribution is 5.09. The van der Waals surface area contributed by atoms with Crippen LogP contribution in [0.25, 0.3) is 0 Å². The molecule has 4 unspecified atom stereocenters. The zero-order valence-corrected chi connectivity index (χ0v) is 14.3. The summed E-state index contributed by atoms with van der Waals surface area (Å²) >= 11 is 0. The molecule has 1 N–H and O–H groups in total. The van der Waals surface area contributed by atoms with E-state index in [0.717, 1.165) is 19.4 Å². The lowest BCUT2D eigenvalue weighted by molar-refractivity contribution is -0.150. The lowest BCUT2D eigenvalue weighted by atomic mass is 9.60. The van der Waals surface area contributed by atoms with Gasteiger partial charge in [0.2, 0.25) is 0 Å². The Morgan fingerprint density at radius 1 is 1.00 bits per heavy atom. The molecule has 20 heavy (non-hydrogen) atoms. The van der Waals surface area contributed by atoms with E-state index < -0.39 is 0 Å². The van der Waals surface area contributed by atoms with Gasteiger partial charge in [-0.3, -0.25) is 0 Å². The van der Waals surface area contributed by atoms with Crippen LogP contribution in [0.4, 0.5) is 0 Å². The number of rotatable bonds is 6. The third kappa shape index (κ3) is 2.77. The highest BCUT2D eigenvalue weighted by Gasteiger charge is 2.54. The largest absolute Gasteiger partial charge is 0.381 e. The minimum Gasteiger partial charge on any atom is -0.381 e. The van der Waals surface area contributed by atoms with E-state index >= 15 is 0 Å². The maximum atomic E-state index is 6.05. The van der Waals surface area contributed by atoms with Crippen LogP contribution in [0, 0.1) is 16.7 Å². The van der Waals surface area contributed by atoms with E-state index in [9.17, 15) is 0 Å². The topological polar surface area (TPSA) is 30.5 Å². The van der Waals surface area contributed by atoms with E-state index in [1.54, 1.807) is 0 Å². The van der Waals surface area contributed by atoms with Crippen LogP contribution in [0.5, 0.6) is 0 Å². The second-order valence-corrected chi connectivity index (χ2v) is 8.33. The molecule has 0 radical (unpaired) electrons. The van der Waals surface area contributed by atoms with Gasteiger partial charge in [-0.25, -0.2) is 0 Å². The Labute approximate surface area is 124 Å². The van der Waals surface area contributed by atoms with Crippen molar-refractivity contribution in [2.24, 2.45) is 16.7 Å². The maximum absolute atomic E-state index is 6.05. The molecule has 0 aromatic rings. The van der Waals surface area contributed by atoms with Gasteiger partial charge >= 0.3 is 0 Å². The van der Waals surface area contributed by atoms with Gasteiger partial charge in [-0.1, -0.05) is 41.5 Å². The third-order valence-electron chi connectivity index (χ3n) is 5.67. The van der Waals surface area contributed by atoms with Crippen LogP contribution >= 0.6 is 0 Å². The minimum absolute atomic E-state index is 0.239. The van der Waals surface area contributed by atoms with Crippen molar-refractivity contribution in [2.45, 2.75) is 78.7 Å². The van der Waals surface area contributed by atoms with Gasteiger partial charge in [0.25, 0.3) is 0 Å². The molecule has 0 spiro atoms. The van der Waals surface area contributed by atoms with E-state index in [1.807, 2.05) is 7.11 Å². The number of hydrogen-bond acceptors (Lipinski definition) is 3. The summed E-state index contributed by atoms with van der Waals surface area (Å²) in [4.78, 5) is 0. The Morgan fingerprint density at radius 2 is 1.50 bits per heavy atom. The summed E-state index contributed by atoms with van der Waals surface area (Å²) in [5.74, 6) is 0.617. The third-order valence-corrected chi connectivity index (χ3v) is 5.67. The Bertz CT molecular complexity index is 338. The molecule has 3 nitrogen and oxygen atoms in total. The normalized spacial score (nSPS) is 38.4. The maximum Gasteiger partial charge on any atom is 0.0656 e. The molecule has 0 saturated heterocycles. The van der Waals surface area contributed by atoms with Gasteiger partial charge in [0.1, 0.15) is 0 Å². The Hall–Kier alpha value is -0.120. The SMILES string of the molecule is COC1CC(NC2CC(OCC(C)C)C2(C)C)C1(C)C. The summed E-state index contributed by atoms with van der Waals surface area (Å²) in [6, 6.07) is 1.14. The van der Waals surface area contributed by atoms with E-state index in [1.165, 1.54) is 0 Å². The molecular weight excluding hydrogens is 250 g/mol. The molecule has 2 aliphatic rings. The van der Waals surface area contributed by atoms with Crippen LogP contribution in [0.2, 0.25) is 0 Å². The smallest absolute Gasteiger partial charge is 0.0656 e. The first-order valence-corrected chi connectivity index (χ1v) is 8.10. The van der Waals surface area contributed by atoms with Gasteiger partial charge in [0, 0.05) is 36.6 Å². The Balaban J connectivity index is 1.82. The molecule has 0 heterocycles. The fraction of sp³-hybridized carbons (Fsp3) is 1.00. The standard InChI is InChI=1S/C17H33NO2/c1-11(2)10-20-15-9-13(17(15,5)6)18-12-8-14(19-7)16(12,3)4/h11-15,18H,8-10H2,1-7H3. The van der Waals surface area contributed by atoms with Gasteiger partial charge in [0.05, 0.1) is 12.2 Å². The zero-order valence-electron chi connectivity index (χ0n) is 14.3. The van der Waals surface area contributed by atoms with Crippen LogP contribution in [0.3, 0.4) is 0 Å². The summed E-state index contributed by atoms with van der Waals surface area (Å²) in [6.45, 7) is 14.6. The molecule has 4 atom stereocenters. The van der Waals surface area contributed by atoms with E-state index in [4.69, 9.17) is 9.47 Å². The number of ether oxygens (including phenoxy) is 2.